The van der Waals surface area contributed by atoms with E-state index in [9.17, 15) is 34.8 Å². The minimum atomic E-state index is -5.49. The predicted molar refractivity (Wildman–Crippen MR) is 170 cm³/mol. The highest BCUT2D eigenvalue weighted by Gasteiger charge is 2.50. The molecule has 15 heteroatoms. The lowest BCUT2D eigenvalue weighted by molar-refractivity contribution is -0.274. The van der Waals surface area contributed by atoms with Gasteiger partial charge in [0.05, 0.1) is 16.9 Å². The van der Waals surface area contributed by atoms with Crippen LogP contribution in [0.1, 0.15) is 47.1 Å². The molecule has 1 aromatic heterocycles. The first-order chi connectivity index (χ1) is 22.6. The lowest BCUT2D eigenvalue weighted by atomic mass is 9.84. The van der Waals surface area contributed by atoms with Crippen molar-refractivity contribution in [3.8, 4) is 11.4 Å². The van der Waals surface area contributed by atoms with Gasteiger partial charge in [0.15, 0.2) is 0 Å². The molecule has 48 heavy (non-hydrogen) atoms. The zero-order chi connectivity index (χ0) is 34.4. The first kappa shape index (κ1) is 34.1. The van der Waals surface area contributed by atoms with Crippen LogP contribution in [0.3, 0.4) is 0 Å². The largest absolute Gasteiger partial charge is 0.573 e. The summed E-state index contributed by atoms with van der Waals surface area (Å²) in [6.07, 6.45) is -4.73. The molecule has 4 aromatic carbocycles. The Labute approximate surface area is 281 Å². The predicted octanol–water partition coefficient (Wildman–Crippen LogP) is 9.44. The fourth-order valence-corrected chi connectivity index (χ4v) is 7.27. The van der Waals surface area contributed by atoms with Crippen molar-refractivity contribution in [2.45, 2.75) is 36.5 Å². The van der Waals surface area contributed by atoms with Crippen molar-refractivity contribution in [2.24, 2.45) is 0 Å². The summed E-state index contributed by atoms with van der Waals surface area (Å²) in [4.78, 5) is 0. The van der Waals surface area contributed by atoms with Crippen molar-refractivity contribution in [1.82, 2.24) is 14.1 Å². The second-order valence-electron chi connectivity index (χ2n) is 11.3. The average Bonchev–Trinajstić information content (AvgIpc) is 3.41. The molecule has 1 saturated heterocycles. The third-order valence-electron chi connectivity index (χ3n) is 8.26. The molecule has 6 nitrogen and oxygen atoms in total. The van der Waals surface area contributed by atoms with Crippen molar-refractivity contribution in [2.75, 3.05) is 13.1 Å². The van der Waals surface area contributed by atoms with E-state index in [2.05, 4.69) is 4.74 Å². The Morgan fingerprint density at radius 2 is 1.27 bits per heavy atom. The van der Waals surface area contributed by atoms with E-state index in [0.717, 1.165) is 28.8 Å². The van der Waals surface area contributed by atoms with Crippen LogP contribution < -0.4 is 4.74 Å². The molecule has 0 bridgehead atoms. The topological polar surface area (TPSA) is 64.4 Å². The fourth-order valence-electron chi connectivity index (χ4n) is 6.03. The normalized spacial score (nSPS) is 15.4. The number of halogens is 8. The van der Waals surface area contributed by atoms with Crippen molar-refractivity contribution >= 4 is 44.1 Å². The molecule has 0 amide bonds. The lowest BCUT2D eigenvalue weighted by Crippen LogP contribution is -2.44. The molecule has 0 N–H and O–H groups in total. The van der Waals surface area contributed by atoms with Gasteiger partial charge < -0.3 is 4.74 Å². The number of benzene rings is 4. The fraction of sp³-hybridized carbons (Fsp3) is 0.242. The molecule has 2 heterocycles. The van der Waals surface area contributed by atoms with Crippen LogP contribution in [0, 0.1) is 0 Å². The van der Waals surface area contributed by atoms with Crippen molar-refractivity contribution in [1.29, 1.82) is 0 Å². The van der Waals surface area contributed by atoms with E-state index >= 15 is 0 Å². The van der Waals surface area contributed by atoms with E-state index in [0.29, 0.717) is 36.6 Å². The molecule has 0 unspecified atom stereocenters. The molecular weight excluding hydrogens is 703 g/mol. The van der Waals surface area contributed by atoms with Gasteiger partial charge in [-0.15, -0.1) is 13.2 Å². The van der Waals surface area contributed by atoms with Gasteiger partial charge >= 0.3 is 21.9 Å². The van der Waals surface area contributed by atoms with Gasteiger partial charge in [-0.3, -0.25) is 0 Å². The summed E-state index contributed by atoms with van der Waals surface area (Å²) < 4.78 is 108. The maximum atomic E-state index is 13.3. The highest BCUT2D eigenvalue weighted by Crippen LogP contribution is 2.40. The number of alkyl halides is 6. The van der Waals surface area contributed by atoms with Crippen LogP contribution in [0.4, 0.5) is 26.3 Å². The lowest BCUT2D eigenvalue weighted by Gasteiger charge is -2.31. The Kier molecular flexibility index (Phi) is 9.18. The summed E-state index contributed by atoms with van der Waals surface area (Å²) in [7, 11) is -5.49. The Balaban J connectivity index is 1.45. The number of rotatable bonds is 7. The second-order valence-corrected chi connectivity index (χ2v) is 14.1. The monoisotopic (exact) mass is 727 g/mol. The van der Waals surface area contributed by atoms with Crippen LogP contribution in [0.2, 0.25) is 10.0 Å². The standard InChI is InChI=1S/C33H25Cl2F6N3O3S/c34-24-6-1-20(2-7-24)30(21-3-8-25(35)9-4-21)23-5-14-29-28(19-23)31(22-15-17-43(18-16-22)48(45,46)33(39,40)41)42-44(29)26-10-12-27(13-11-26)47-32(36,37)38/h1-14,19,22,30H,15-18H2. The van der Waals surface area contributed by atoms with E-state index in [4.69, 9.17) is 28.3 Å². The number of ether oxygens (including phenoxy) is 1. The molecule has 1 fully saturated rings. The minimum Gasteiger partial charge on any atom is -0.406 e. The van der Waals surface area contributed by atoms with Crippen LogP contribution in [-0.4, -0.2) is 47.5 Å². The summed E-state index contributed by atoms with van der Waals surface area (Å²) in [5.74, 6) is -1.13. The summed E-state index contributed by atoms with van der Waals surface area (Å²) in [6, 6.07) is 25.5. The van der Waals surface area contributed by atoms with Crippen LogP contribution in [0.15, 0.2) is 91.0 Å². The maximum Gasteiger partial charge on any atom is 0.573 e. The van der Waals surface area contributed by atoms with Gasteiger partial charge in [0, 0.05) is 40.4 Å². The maximum absolute atomic E-state index is 13.3. The molecule has 0 aliphatic carbocycles. The third kappa shape index (κ3) is 7.00. The molecule has 5 aromatic rings. The van der Waals surface area contributed by atoms with E-state index in [1.54, 1.807) is 28.9 Å². The van der Waals surface area contributed by atoms with E-state index < -0.39 is 33.6 Å². The molecule has 0 spiro atoms. The van der Waals surface area contributed by atoms with Crippen LogP contribution >= 0.6 is 23.2 Å². The molecule has 0 saturated carbocycles. The quantitative estimate of drug-likeness (QED) is 0.124. The summed E-state index contributed by atoms with van der Waals surface area (Å²) in [6.45, 7) is -0.718. The number of fused-ring (bicyclic) bond motifs is 1. The number of hydrogen-bond acceptors (Lipinski definition) is 4. The Hall–Kier alpha value is -3.78. The van der Waals surface area contributed by atoms with Crippen LogP contribution in [-0.2, 0) is 10.0 Å². The Morgan fingerprint density at radius 1 is 0.750 bits per heavy atom. The molecule has 0 atom stereocenters. The van der Waals surface area contributed by atoms with Gasteiger partial charge in [-0.05, 0) is 90.2 Å². The van der Waals surface area contributed by atoms with Gasteiger partial charge in [-0.1, -0.05) is 53.5 Å². The second kappa shape index (κ2) is 12.9. The van der Waals surface area contributed by atoms with Crippen molar-refractivity contribution in [3.63, 3.8) is 0 Å². The first-order valence-corrected chi connectivity index (χ1v) is 16.8. The SMILES string of the molecule is O=S(=O)(N1CCC(c2nn(-c3ccc(OC(F)(F)F)cc3)c3ccc(C(c4ccc(Cl)cc4)c4ccc(Cl)cc4)cc23)CC1)C(F)(F)F. The summed E-state index contributed by atoms with van der Waals surface area (Å²) >= 11 is 12.4. The highest BCUT2D eigenvalue weighted by atomic mass is 35.5. The number of hydrogen-bond donors (Lipinski definition) is 0. The van der Waals surface area contributed by atoms with E-state index in [1.807, 2.05) is 42.5 Å². The molecular formula is C33H25Cl2F6N3O3S. The van der Waals surface area contributed by atoms with E-state index in [1.165, 1.54) is 12.1 Å². The van der Waals surface area contributed by atoms with Crippen molar-refractivity contribution < 1.29 is 39.5 Å². The molecule has 1 aliphatic rings. The molecule has 1 aliphatic heterocycles. The summed E-state index contributed by atoms with van der Waals surface area (Å²) in [5, 5.41) is 6.59. The minimum absolute atomic E-state index is 0.0712. The van der Waals surface area contributed by atoms with Crippen LogP contribution in [0.5, 0.6) is 5.75 Å². The number of piperidine rings is 1. The van der Waals surface area contributed by atoms with E-state index in [-0.39, 0.29) is 31.8 Å². The van der Waals surface area contributed by atoms with Gasteiger partial charge in [0.25, 0.3) is 0 Å². The van der Waals surface area contributed by atoms with Gasteiger partial charge in [-0.25, -0.2) is 13.1 Å². The first-order valence-electron chi connectivity index (χ1n) is 14.6. The van der Waals surface area contributed by atoms with Gasteiger partial charge in [0.1, 0.15) is 5.75 Å². The number of sulfonamides is 1. The Bertz CT molecular complexity index is 1980. The smallest absolute Gasteiger partial charge is 0.406 e. The number of nitrogens with zero attached hydrogens (tertiary/aromatic N) is 3. The Morgan fingerprint density at radius 3 is 1.77 bits per heavy atom. The van der Waals surface area contributed by atoms with Gasteiger partial charge in [0.2, 0.25) is 0 Å². The zero-order valence-corrected chi connectivity index (χ0v) is 27.0. The highest BCUT2D eigenvalue weighted by molar-refractivity contribution is 7.90. The van der Waals surface area contributed by atoms with Gasteiger partial charge in [-0.2, -0.15) is 22.6 Å². The van der Waals surface area contributed by atoms with Crippen molar-refractivity contribution in [3.05, 3.63) is 123 Å². The zero-order valence-electron chi connectivity index (χ0n) is 24.6. The molecule has 252 valence electrons. The summed E-state index contributed by atoms with van der Waals surface area (Å²) in [5.41, 5.74) is -1.20. The average molecular weight is 729 g/mol. The third-order valence-corrected chi connectivity index (χ3v) is 10.4. The number of aromatic nitrogens is 2. The van der Waals surface area contributed by atoms with Crippen LogP contribution in [0.25, 0.3) is 16.6 Å². The molecule has 0 radical (unpaired) electrons. The molecule has 6 rings (SSSR count).